The van der Waals surface area contributed by atoms with Gasteiger partial charge in [-0.05, 0) is 44.0 Å². The molecule has 13 heteroatoms. The molecule has 230 valence electrons. The summed E-state index contributed by atoms with van der Waals surface area (Å²) in [6.45, 7) is 6.24. The van der Waals surface area contributed by atoms with Crippen LogP contribution >= 0.6 is 22.6 Å². The summed E-state index contributed by atoms with van der Waals surface area (Å²) < 4.78 is 20.3. The Balaban J connectivity index is 1.59. The minimum absolute atomic E-state index is 0.167. The van der Waals surface area contributed by atoms with E-state index in [0.29, 0.717) is 27.4 Å². The first kappa shape index (κ1) is 31.3. The van der Waals surface area contributed by atoms with E-state index in [1.807, 2.05) is 22.6 Å². The molecule has 1 amide bonds. The number of halogens is 1. The highest BCUT2D eigenvalue weighted by Gasteiger charge is 2.54. The van der Waals surface area contributed by atoms with E-state index in [1.165, 1.54) is 6.33 Å². The van der Waals surface area contributed by atoms with E-state index in [0.717, 1.165) is 12.8 Å². The molecule has 0 bridgehead atoms. The van der Waals surface area contributed by atoms with E-state index in [1.54, 1.807) is 72.2 Å². The normalized spacial score (nSPS) is 19.6. The highest BCUT2D eigenvalue weighted by atomic mass is 127. The molecule has 2 N–H and O–H groups in total. The zero-order chi connectivity index (χ0) is 31.2. The fourth-order valence-electron chi connectivity index (χ4n) is 5.00. The quantitative estimate of drug-likeness (QED) is 0.129. The summed E-state index contributed by atoms with van der Waals surface area (Å²) in [5.41, 5.74) is 1.43. The number of rotatable bonds is 11. The molecule has 12 nitrogen and oxygen atoms in total. The maximum Gasteiger partial charge on any atom is 0.338 e. The lowest BCUT2D eigenvalue weighted by molar-refractivity contribution is -0.137. The SMILES string of the molecule is CCNC(=O)[C@H]1O[C@@H](n2cnc3c(NC(CC)CC)nc(I)nc32)[C@H](OC(=O)c2ccccc2)[C@@H]1OC(=O)c1ccccc1. The van der Waals surface area contributed by atoms with Crippen LogP contribution in [0.4, 0.5) is 5.82 Å². The molecule has 1 aliphatic rings. The van der Waals surface area contributed by atoms with Crippen molar-refractivity contribution in [3.05, 3.63) is 81.9 Å². The van der Waals surface area contributed by atoms with Gasteiger partial charge in [0.2, 0.25) is 0 Å². The van der Waals surface area contributed by atoms with Gasteiger partial charge < -0.3 is 24.8 Å². The molecule has 0 spiro atoms. The maximum atomic E-state index is 13.4. The Kier molecular flexibility index (Phi) is 10.0. The fourth-order valence-corrected chi connectivity index (χ4v) is 5.47. The van der Waals surface area contributed by atoms with Crippen LogP contribution in [-0.4, -0.2) is 68.3 Å². The Morgan fingerprint density at radius 3 is 2.07 bits per heavy atom. The predicted molar refractivity (Wildman–Crippen MR) is 170 cm³/mol. The van der Waals surface area contributed by atoms with E-state index >= 15 is 0 Å². The number of aromatic nitrogens is 4. The number of benzene rings is 2. The molecule has 2 aromatic heterocycles. The Morgan fingerprint density at radius 2 is 1.50 bits per heavy atom. The molecule has 0 unspecified atom stereocenters. The number of amides is 1. The zero-order valence-electron chi connectivity index (χ0n) is 24.5. The number of carbonyl (C=O) groups excluding carboxylic acids is 3. The number of nitrogens with zero attached hydrogens (tertiary/aromatic N) is 4. The van der Waals surface area contributed by atoms with Gasteiger partial charge in [0.05, 0.1) is 17.5 Å². The lowest BCUT2D eigenvalue weighted by Gasteiger charge is -2.24. The van der Waals surface area contributed by atoms with Crippen LogP contribution in [0, 0.1) is 3.83 Å². The van der Waals surface area contributed by atoms with E-state index in [2.05, 4.69) is 39.4 Å². The van der Waals surface area contributed by atoms with Crippen LogP contribution in [0.5, 0.6) is 0 Å². The van der Waals surface area contributed by atoms with Crippen molar-refractivity contribution in [3.8, 4) is 0 Å². The van der Waals surface area contributed by atoms with Gasteiger partial charge >= 0.3 is 11.9 Å². The largest absolute Gasteiger partial charge is 0.451 e. The molecule has 1 aliphatic heterocycles. The van der Waals surface area contributed by atoms with Gasteiger partial charge in [-0.2, -0.15) is 0 Å². The molecule has 1 saturated heterocycles. The summed E-state index contributed by atoms with van der Waals surface area (Å²) in [5.74, 6) is -1.34. The summed E-state index contributed by atoms with van der Waals surface area (Å²) in [7, 11) is 0. The van der Waals surface area contributed by atoms with E-state index in [4.69, 9.17) is 14.2 Å². The van der Waals surface area contributed by atoms with Gasteiger partial charge in [0.1, 0.15) is 0 Å². The van der Waals surface area contributed by atoms with Crippen LogP contribution in [0.15, 0.2) is 67.0 Å². The summed E-state index contributed by atoms with van der Waals surface area (Å²) in [5, 5.41) is 6.17. The van der Waals surface area contributed by atoms with Crippen LogP contribution in [0.1, 0.15) is 60.6 Å². The predicted octanol–water partition coefficient (Wildman–Crippen LogP) is 4.52. The highest BCUT2D eigenvalue weighted by Crippen LogP contribution is 2.37. The summed E-state index contributed by atoms with van der Waals surface area (Å²) in [6.07, 6.45) is -1.72. The standard InChI is InChI=1S/C31H33IN6O6/c1-4-20(5-2)35-25-21-26(37-31(32)36-25)38(17-34-21)28-24(44-30(41)19-15-11-8-12-16-19)22(23(42-28)27(39)33-6-3)43-29(40)18-13-9-7-10-14-18/h7-17,20,22-24,28H,4-6H2,1-3H3,(H,33,39)(H,35,36,37)/t22-,23+,24-,28-/m1/s1. The lowest BCUT2D eigenvalue weighted by Crippen LogP contribution is -2.46. The summed E-state index contributed by atoms with van der Waals surface area (Å²) in [6, 6.07) is 16.9. The fraction of sp³-hybridized carbons (Fsp3) is 0.355. The Bertz CT molecular complexity index is 1610. The number of likely N-dealkylation sites (N-methyl/N-ethyl adjacent to an activating group) is 1. The van der Waals surface area contributed by atoms with Gasteiger partial charge in [0.15, 0.2) is 45.4 Å². The molecule has 5 rings (SSSR count). The van der Waals surface area contributed by atoms with Crippen LogP contribution in [0.2, 0.25) is 0 Å². The van der Waals surface area contributed by atoms with Gasteiger partial charge in [-0.15, -0.1) is 0 Å². The summed E-state index contributed by atoms with van der Waals surface area (Å²) in [4.78, 5) is 53.8. The summed E-state index contributed by atoms with van der Waals surface area (Å²) >= 11 is 2.02. The van der Waals surface area contributed by atoms with Crippen molar-refractivity contribution in [1.82, 2.24) is 24.8 Å². The van der Waals surface area contributed by atoms with Crippen molar-refractivity contribution < 1.29 is 28.6 Å². The average Bonchev–Trinajstić information content (AvgIpc) is 3.61. The highest BCUT2D eigenvalue weighted by molar-refractivity contribution is 14.1. The van der Waals surface area contributed by atoms with Crippen molar-refractivity contribution in [2.24, 2.45) is 0 Å². The number of carbonyl (C=O) groups is 3. The third kappa shape index (κ3) is 6.68. The second-order valence-corrected chi connectivity index (χ2v) is 11.1. The molecular formula is C31H33IN6O6. The van der Waals surface area contributed by atoms with Crippen molar-refractivity contribution in [2.75, 3.05) is 11.9 Å². The first-order valence-corrected chi connectivity index (χ1v) is 15.5. The average molecular weight is 713 g/mol. The lowest BCUT2D eigenvalue weighted by atomic mass is 10.1. The second kappa shape index (κ2) is 14.1. The van der Waals surface area contributed by atoms with E-state index in [-0.39, 0.29) is 17.2 Å². The molecule has 0 aliphatic carbocycles. The molecule has 0 saturated carbocycles. The van der Waals surface area contributed by atoms with Crippen molar-refractivity contribution in [1.29, 1.82) is 0 Å². The number of hydrogen-bond donors (Lipinski definition) is 2. The molecule has 1 fully saturated rings. The van der Waals surface area contributed by atoms with Crippen LogP contribution < -0.4 is 10.6 Å². The number of imidazole rings is 1. The van der Waals surface area contributed by atoms with Crippen molar-refractivity contribution in [3.63, 3.8) is 0 Å². The van der Waals surface area contributed by atoms with Crippen LogP contribution in [-0.2, 0) is 19.0 Å². The van der Waals surface area contributed by atoms with Crippen molar-refractivity contribution in [2.45, 2.75) is 64.2 Å². The first-order chi connectivity index (χ1) is 21.3. The number of esters is 2. The molecule has 3 heterocycles. The van der Waals surface area contributed by atoms with Crippen LogP contribution in [0.3, 0.4) is 0 Å². The second-order valence-electron chi connectivity index (χ2n) is 10.1. The third-order valence-electron chi connectivity index (χ3n) is 7.30. The monoisotopic (exact) mass is 712 g/mol. The van der Waals surface area contributed by atoms with Gasteiger partial charge in [0, 0.05) is 35.2 Å². The van der Waals surface area contributed by atoms with Gasteiger partial charge in [-0.1, -0.05) is 50.2 Å². The molecule has 4 aromatic rings. The number of ether oxygens (including phenoxy) is 3. The van der Waals surface area contributed by atoms with Gasteiger partial charge in [0.25, 0.3) is 5.91 Å². The molecule has 4 atom stereocenters. The minimum Gasteiger partial charge on any atom is -0.451 e. The van der Waals surface area contributed by atoms with Gasteiger partial charge in [-0.25, -0.2) is 24.5 Å². The first-order valence-electron chi connectivity index (χ1n) is 14.5. The van der Waals surface area contributed by atoms with Gasteiger partial charge in [-0.3, -0.25) is 9.36 Å². The molecule has 44 heavy (non-hydrogen) atoms. The number of nitrogens with one attached hydrogen (secondary N) is 2. The minimum atomic E-state index is -1.30. The number of fused-ring (bicyclic) bond motifs is 1. The zero-order valence-corrected chi connectivity index (χ0v) is 26.6. The van der Waals surface area contributed by atoms with E-state index < -0.39 is 42.4 Å². The number of anilines is 1. The Labute approximate surface area is 268 Å². The maximum absolute atomic E-state index is 13.4. The third-order valence-corrected chi connectivity index (χ3v) is 7.78. The molecule has 2 aromatic carbocycles. The molecular weight excluding hydrogens is 679 g/mol. The number of hydrogen-bond acceptors (Lipinski definition) is 10. The Hall–Kier alpha value is -4.11. The molecule has 0 radical (unpaired) electrons. The smallest absolute Gasteiger partial charge is 0.338 e. The Morgan fingerprint density at radius 1 is 0.909 bits per heavy atom. The van der Waals surface area contributed by atoms with E-state index in [9.17, 15) is 14.4 Å². The topological polar surface area (TPSA) is 147 Å². The van der Waals surface area contributed by atoms with Crippen molar-refractivity contribution >= 4 is 57.4 Å². The van der Waals surface area contributed by atoms with Crippen LogP contribution in [0.25, 0.3) is 11.2 Å².